The molecular weight excluding hydrogens is 244 g/mol. The highest BCUT2D eigenvalue weighted by molar-refractivity contribution is 4.89. The molecule has 2 aliphatic carbocycles. The molecule has 0 radical (unpaired) electrons. The monoisotopic (exact) mass is 280 g/mol. The van der Waals surface area contributed by atoms with Crippen molar-refractivity contribution in [1.82, 2.24) is 10.2 Å². The van der Waals surface area contributed by atoms with Crippen molar-refractivity contribution in [3.8, 4) is 0 Å². The third-order valence-corrected chi connectivity index (χ3v) is 5.27. The molecule has 0 spiro atoms. The largest absolute Gasteiger partial charge is 0.314 e. The summed E-state index contributed by atoms with van der Waals surface area (Å²) < 4.78 is 0. The Kier molecular flexibility index (Phi) is 6.35. The van der Waals surface area contributed by atoms with E-state index in [0.717, 1.165) is 5.92 Å². The van der Waals surface area contributed by atoms with Gasteiger partial charge in [-0.3, -0.25) is 0 Å². The van der Waals surface area contributed by atoms with Crippen molar-refractivity contribution >= 4 is 0 Å². The van der Waals surface area contributed by atoms with Crippen molar-refractivity contribution in [3.63, 3.8) is 0 Å². The van der Waals surface area contributed by atoms with Gasteiger partial charge >= 0.3 is 0 Å². The van der Waals surface area contributed by atoms with Gasteiger partial charge in [0.2, 0.25) is 0 Å². The van der Waals surface area contributed by atoms with Crippen LogP contribution < -0.4 is 5.32 Å². The highest BCUT2D eigenvalue weighted by Crippen LogP contribution is 2.37. The van der Waals surface area contributed by atoms with Crippen LogP contribution in [0.5, 0.6) is 0 Å². The highest BCUT2D eigenvalue weighted by atomic mass is 15.1. The molecule has 0 aromatic rings. The zero-order valence-corrected chi connectivity index (χ0v) is 14.1. The maximum absolute atomic E-state index is 3.76. The Morgan fingerprint density at radius 3 is 2.25 bits per heavy atom. The van der Waals surface area contributed by atoms with Crippen molar-refractivity contribution in [2.75, 3.05) is 26.2 Å². The van der Waals surface area contributed by atoms with Gasteiger partial charge in [0.15, 0.2) is 0 Å². The summed E-state index contributed by atoms with van der Waals surface area (Å²) in [5, 5.41) is 3.76. The Hall–Kier alpha value is -0.0800. The molecule has 2 fully saturated rings. The van der Waals surface area contributed by atoms with Gasteiger partial charge in [0, 0.05) is 25.7 Å². The first-order chi connectivity index (χ1) is 9.63. The summed E-state index contributed by atoms with van der Waals surface area (Å²) in [6, 6.07) is 0.619. The molecule has 118 valence electrons. The molecule has 1 N–H and O–H groups in total. The molecule has 0 aromatic carbocycles. The van der Waals surface area contributed by atoms with E-state index in [1.54, 1.807) is 0 Å². The third kappa shape index (κ3) is 5.37. The van der Waals surface area contributed by atoms with E-state index in [2.05, 4.69) is 31.0 Å². The lowest BCUT2D eigenvalue weighted by molar-refractivity contribution is 0.124. The van der Waals surface area contributed by atoms with E-state index >= 15 is 0 Å². The van der Waals surface area contributed by atoms with Gasteiger partial charge in [-0.2, -0.15) is 0 Å². The summed E-state index contributed by atoms with van der Waals surface area (Å²) >= 11 is 0. The van der Waals surface area contributed by atoms with E-state index in [9.17, 15) is 0 Å². The van der Waals surface area contributed by atoms with E-state index in [1.807, 2.05) is 0 Å². The molecule has 20 heavy (non-hydrogen) atoms. The minimum atomic E-state index is 0.547. The van der Waals surface area contributed by atoms with Crippen molar-refractivity contribution in [2.24, 2.45) is 11.3 Å². The summed E-state index contributed by atoms with van der Waals surface area (Å²) in [4.78, 5) is 2.75. The van der Waals surface area contributed by atoms with Gasteiger partial charge in [-0.05, 0) is 43.6 Å². The fraction of sp³-hybridized carbons (Fsp3) is 1.00. The average Bonchev–Trinajstić information content (AvgIpc) is 3.24. The molecule has 2 heteroatoms. The van der Waals surface area contributed by atoms with Gasteiger partial charge in [-0.25, -0.2) is 0 Å². The van der Waals surface area contributed by atoms with E-state index in [-0.39, 0.29) is 0 Å². The molecule has 0 heterocycles. The Morgan fingerprint density at radius 2 is 1.75 bits per heavy atom. The van der Waals surface area contributed by atoms with Crippen molar-refractivity contribution in [3.05, 3.63) is 0 Å². The van der Waals surface area contributed by atoms with Crippen LogP contribution in [-0.2, 0) is 0 Å². The third-order valence-electron chi connectivity index (χ3n) is 5.27. The van der Waals surface area contributed by atoms with Gasteiger partial charge in [-0.1, -0.05) is 46.5 Å². The predicted octanol–water partition coefficient (Wildman–Crippen LogP) is 4.06. The first-order valence-electron chi connectivity index (χ1n) is 9.09. The summed E-state index contributed by atoms with van der Waals surface area (Å²) in [7, 11) is 0. The molecule has 2 saturated carbocycles. The van der Waals surface area contributed by atoms with Crippen LogP contribution in [0.25, 0.3) is 0 Å². The molecule has 2 rings (SSSR count). The van der Waals surface area contributed by atoms with Crippen LogP contribution in [0.15, 0.2) is 0 Å². The number of hydrogen-bond donors (Lipinski definition) is 1. The summed E-state index contributed by atoms with van der Waals surface area (Å²) in [5.74, 6) is 1.02. The second kappa shape index (κ2) is 7.79. The van der Waals surface area contributed by atoms with Gasteiger partial charge in [0.05, 0.1) is 0 Å². The molecular formula is C18H36N2. The molecule has 0 aliphatic heterocycles. The molecule has 0 amide bonds. The molecule has 0 unspecified atom stereocenters. The van der Waals surface area contributed by atoms with Gasteiger partial charge in [0.25, 0.3) is 0 Å². The fourth-order valence-electron chi connectivity index (χ4n) is 3.74. The van der Waals surface area contributed by atoms with Crippen LogP contribution in [0.3, 0.4) is 0 Å². The topological polar surface area (TPSA) is 15.3 Å². The molecule has 0 atom stereocenters. The number of nitrogens with zero attached hydrogens (tertiary/aromatic N) is 1. The summed E-state index contributed by atoms with van der Waals surface area (Å²) in [6.07, 6.45) is 11.6. The van der Waals surface area contributed by atoms with Gasteiger partial charge in [-0.15, -0.1) is 0 Å². The molecule has 2 aliphatic rings. The summed E-state index contributed by atoms with van der Waals surface area (Å²) in [6.45, 7) is 12.1. The molecule has 0 bridgehead atoms. The highest BCUT2D eigenvalue weighted by Gasteiger charge is 2.34. The van der Waals surface area contributed by atoms with Gasteiger partial charge in [0.1, 0.15) is 0 Å². The van der Waals surface area contributed by atoms with Crippen molar-refractivity contribution in [2.45, 2.75) is 78.2 Å². The maximum atomic E-state index is 3.76. The number of rotatable bonds is 8. The van der Waals surface area contributed by atoms with Gasteiger partial charge < -0.3 is 10.2 Å². The number of nitrogens with one attached hydrogen (secondary N) is 1. The first kappa shape index (κ1) is 16.3. The SMILES string of the molecule is CCN(CC1CC1)CC1(CNC(C)C)CCCCCC1. The van der Waals surface area contributed by atoms with Crippen LogP contribution >= 0.6 is 0 Å². The number of hydrogen-bond acceptors (Lipinski definition) is 2. The van der Waals surface area contributed by atoms with Crippen LogP contribution in [0, 0.1) is 11.3 Å². The van der Waals surface area contributed by atoms with Crippen LogP contribution in [-0.4, -0.2) is 37.1 Å². The zero-order chi connectivity index (χ0) is 14.4. The second-order valence-corrected chi connectivity index (χ2v) is 7.72. The van der Waals surface area contributed by atoms with Crippen LogP contribution in [0.1, 0.15) is 72.1 Å². The quantitative estimate of drug-likeness (QED) is 0.675. The summed E-state index contributed by atoms with van der Waals surface area (Å²) in [5.41, 5.74) is 0.547. The zero-order valence-electron chi connectivity index (χ0n) is 14.1. The Balaban J connectivity index is 1.94. The normalized spacial score (nSPS) is 23.2. The molecule has 0 saturated heterocycles. The first-order valence-corrected chi connectivity index (χ1v) is 9.09. The minimum absolute atomic E-state index is 0.547. The van der Waals surface area contributed by atoms with Crippen LogP contribution in [0.2, 0.25) is 0 Å². The Morgan fingerprint density at radius 1 is 1.10 bits per heavy atom. The van der Waals surface area contributed by atoms with Crippen molar-refractivity contribution in [1.29, 1.82) is 0 Å². The molecule has 2 nitrogen and oxygen atoms in total. The molecule has 0 aromatic heterocycles. The lowest BCUT2D eigenvalue weighted by atomic mass is 9.79. The van der Waals surface area contributed by atoms with E-state index < -0.39 is 0 Å². The van der Waals surface area contributed by atoms with E-state index in [1.165, 1.54) is 77.5 Å². The Bertz CT molecular complexity index is 263. The van der Waals surface area contributed by atoms with Crippen molar-refractivity contribution < 1.29 is 0 Å². The van der Waals surface area contributed by atoms with Crippen LogP contribution in [0.4, 0.5) is 0 Å². The minimum Gasteiger partial charge on any atom is -0.314 e. The van der Waals surface area contributed by atoms with E-state index in [0.29, 0.717) is 11.5 Å². The maximum Gasteiger partial charge on any atom is 0.00501 e. The average molecular weight is 280 g/mol. The second-order valence-electron chi connectivity index (χ2n) is 7.72. The standard InChI is InChI=1S/C18H36N2/c1-4-20(13-17-9-10-17)15-18(14-19-16(2)3)11-7-5-6-8-12-18/h16-17,19H,4-15H2,1-3H3. The Labute approximate surface area is 126 Å². The van der Waals surface area contributed by atoms with E-state index in [4.69, 9.17) is 0 Å². The fourth-order valence-corrected chi connectivity index (χ4v) is 3.74. The lowest BCUT2D eigenvalue weighted by Crippen LogP contribution is -2.46. The smallest absolute Gasteiger partial charge is 0.00501 e. The lowest BCUT2D eigenvalue weighted by Gasteiger charge is -2.39. The predicted molar refractivity (Wildman–Crippen MR) is 88.1 cm³/mol.